The van der Waals surface area contributed by atoms with E-state index in [0.29, 0.717) is 23.1 Å². The van der Waals surface area contributed by atoms with Gasteiger partial charge >= 0.3 is 0 Å². The Bertz CT molecular complexity index is 509. The van der Waals surface area contributed by atoms with Gasteiger partial charge in [-0.25, -0.2) is 0 Å². The molecule has 1 saturated heterocycles. The molecule has 138 valence electrons. The summed E-state index contributed by atoms with van der Waals surface area (Å²) in [4.78, 5) is 14.2. The fourth-order valence-electron chi connectivity index (χ4n) is 2.34. The summed E-state index contributed by atoms with van der Waals surface area (Å²) in [5.74, 6) is 0.634. The Hall–Kier alpha value is -0.720. The highest BCUT2D eigenvalue weighted by molar-refractivity contribution is 6.32. The Morgan fingerprint density at radius 1 is 1.38 bits per heavy atom. The molecule has 8 heteroatoms. The topological polar surface area (TPSA) is 53.6 Å². The van der Waals surface area contributed by atoms with Crippen LogP contribution >= 0.6 is 36.4 Å². The van der Waals surface area contributed by atoms with Crippen LogP contribution in [-0.4, -0.2) is 50.6 Å². The Kier molecular flexibility index (Phi) is 11.4. The number of ether oxygens (including phenoxy) is 1. The summed E-state index contributed by atoms with van der Waals surface area (Å²) in [5, 5.41) is 6.64. The number of amides is 1. The maximum Gasteiger partial charge on any atom is 0.241 e. The molecule has 0 bridgehead atoms. The number of carbonyl (C=O) groups excluding carboxylic acids is 1. The average molecular weight is 399 g/mol. The minimum absolute atomic E-state index is 0. The van der Waals surface area contributed by atoms with Gasteiger partial charge in [0, 0.05) is 12.2 Å². The van der Waals surface area contributed by atoms with Crippen LogP contribution in [0.5, 0.6) is 5.75 Å². The van der Waals surface area contributed by atoms with Gasteiger partial charge in [0.05, 0.1) is 11.1 Å². The number of nitrogens with one attached hydrogen (secondary N) is 2. The molecule has 1 fully saturated rings. The second-order valence-electron chi connectivity index (χ2n) is 5.79. The monoisotopic (exact) mass is 397 g/mol. The summed E-state index contributed by atoms with van der Waals surface area (Å²) >= 11 is 6.21. The first-order chi connectivity index (χ1) is 10.6. The van der Waals surface area contributed by atoms with Crippen molar-refractivity contribution in [2.24, 2.45) is 0 Å². The molecule has 1 aromatic carbocycles. The molecule has 0 radical (unpaired) electrons. The molecule has 24 heavy (non-hydrogen) atoms. The van der Waals surface area contributed by atoms with Crippen molar-refractivity contribution in [1.82, 2.24) is 10.2 Å². The SMILES string of the molecule is CN(C)CCOc1ccc(NC(=O)[C@H]2CCCCN2)cc1Cl.Cl.Cl. The normalized spacial score (nSPS) is 16.8. The highest BCUT2D eigenvalue weighted by Gasteiger charge is 2.20. The summed E-state index contributed by atoms with van der Waals surface area (Å²) in [5.41, 5.74) is 0.697. The van der Waals surface area contributed by atoms with Crippen LogP contribution in [-0.2, 0) is 4.79 Å². The fraction of sp³-hybridized carbons (Fsp3) is 0.562. The van der Waals surface area contributed by atoms with Crippen LogP contribution in [0.25, 0.3) is 0 Å². The Balaban J connectivity index is 0.00000264. The molecule has 1 aliphatic rings. The standard InChI is InChI=1S/C16H24ClN3O2.2ClH/c1-20(2)9-10-22-15-7-6-12(11-13(15)17)19-16(21)14-5-3-4-8-18-14;;/h6-7,11,14,18H,3-5,8-10H2,1-2H3,(H,19,21);2*1H/t14-;;/m1../s1. The van der Waals surface area contributed by atoms with Crippen molar-refractivity contribution < 1.29 is 9.53 Å². The van der Waals surface area contributed by atoms with Gasteiger partial charge < -0.3 is 20.3 Å². The van der Waals surface area contributed by atoms with Crippen molar-refractivity contribution in [3.8, 4) is 5.75 Å². The molecule has 1 atom stereocenters. The summed E-state index contributed by atoms with van der Waals surface area (Å²) < 4.78 is 5.63. The van der Waals surface area contributed by atoms with E-state index in [1.54, 1.807) is 12.1 Å². The number of piperidine rings is 1. The third-order valence-corrected chi connectivity index (χ3v) is 3.92. The zero-order valence-electron chi connectivity index (χ0n) is 14.0. The molecule has 1 amide bonds. The van der Waals surface area contributed by atoms with Gasteiger partial charge in [-0.3, -0.25) is 4.79 Å². The van der Waals surface area contributed by atoms with Crippen LogP contribution in [0.1, 0.15) is 19.3 Å². The van der Waals surface area contributed by atoms with Gasteiger partial charge in [0.15, 0.2) is 0 Å². The zero-order valence-corrected chi connectivity index (χ0v) is 16.4. The lowest BCUT2D eigenvalue weighted by molar-refractivity contribution is -0.118. The molecular formula is C16H26Cl3N3O2. The van der Waals surface area contributed by atoms with Crippen molar-refractivity contribution in [3.63, 3.8) is 0 Å². The van der Waals surface area contributed by atoms with E-state index < -0.39 is 0 Å². The lowest BCUT2D eigenvalue weighted by atomic mass is 10.0. The average Bonchev–Trinajstić information content (AvgIpc) is 2.50. The molecule has 0 aliphatic carbocycles. The van der Waals surface area contributed by atoms with E-state index >= 15 is 0 Å². The largest absolute Gasteiger partial charge is 0.491 e. The van der Waals surface area contributed by atoms with Gasteiger partial charge in [-0.15, -0.1) is 24.8 Å². The summed E-state index contributed by atoms with van der Waals surface area (Å²) in [6, 6.07) is 5.23. The molecule has 1 aromatic rings. The number of rotatable bonds is 6. The fourth-order valence-corrected chi connectivity index (χ4v) is 2.57. The highest BCUT2D eigenvalue weighted by Crippen LogP contribution is 2.27. The van der Waals surface area contributed by atoms with E-state index in [1.807, 2.05) is 25.1 Å². The highest BCUT2D eigenvalue weighted by atomic mass is 35.5. The number of anilines is 1. The number of hydrogen-bond donors (Lipinski definition) is 2. The first-order valence-electron chi connectivity index (χ1n) is 7.67. The molecular weight excluding hydrogens is 373 g/mol. The van der Waals surface area contributed by atoms with E-state index in [1.165, 1.54) is 0 Å². The van der Waals surface area contributed by atoms with E-state index in [4.69, 9.17) is 16.3 Å². The number of likely N-dealkylation sites (N-methyl/N-ethyl adjacent to an activating group) is 1. The number of carbonyl (C=O) groups is 1. The van der Waals surface area contributed by atoms with Crippen LogP contribution in [0.2, 0.25) is 5.02 Å². The molecule has 1 aliphatic heterocycles. The third-order valence-electron chi connectivity index (χ3n) is 3.62. The third kappa shape index (κ3) is 7.45. The minimum atomic E-state index is -0.108. The van der Waals surface area contributed by atoms with Crippen molar-refractivity contribution in [3.05, 3.63) is 23.2 Å². The van der Waals surface area contributed by atoms with Crippen LogP contribution in [0.15, 0.2) is 18.2 Å². The molecule has 2 rings (SSSR count). The quantitative estimate of drug-likeness (QED) is 0.772. The second-order valence-corrected chi connectivity index (χ2v) is 6.20. The number of benzene rings is 1. The van der Waals surface area contributed by atoms with Crippen molar-refractivity contribution >= 4 is 48.0 Å². The Morgan fingerprint density at radius 3 is 2.71 bits per heavy atom. The molecule has 0 aromatic heterocycles. The Morgan fingerprint density at radius 2 is 2.12 bits per heavy atom. The van der Waals surface area contributed by atoms with Crippen LogP contribution in [0, 0.1) is 0 Å². The van der Waals surface area contributed by atoms with Gasteiger partial charge in [0.1, 0.15) is 12.4 Å². The molecule has 5 nitrogen and oxygen atoms in total. The maximum absolute atomic E-state index is 12.2. The van der Waals surface area contributed by atoms with E-state index in [2.05, 4.69) is 10.6 Å². The minimum Gasteiger partial charge on any atom is -0.491 e. The predicted octanol–water partition coefficient (Wildman–Crippen LogP) is 3.20. The van der Waals surface area contributed by atoms with Crippen LogP contribution < -0.4 is 15.4 Å². The summed E-state index contributed by atoms with van der Waals surface area (Å²) in [6.07, 6.45) is 3.10. The lowest BCUT2D eigenvalue weighted by Crippen LogP contribution is -2.43. The maximum atomic E-state index is 12.2. The van der Waals surface area contributed by atoms with E-state index in [0.717, 1.165) is 32.4 Å². The van der Waals surface area contributed by atoms with Crippen molar-refractivity contribution in [1.29, 1.82) is 0 Å². The molecule has 2 N–H and O–H groups in total. The zero-order chi connectivity index (χ0) is 15.9. The summed E-state index contributed by atoms with van der Waals surface area (Å²) in [6.45, 7) is 2.30. The number of halogens is 3. The predicted molar refractivity (Wildman–Crippen MR) is 104 cm³/mol. The first-order valence-corrected chi connectivity index (χ1v) is 8.05. The van der Waals surface area contributed by atoms with Gasteiger partial charge in [-0.05, 0) is 51.7 Å². The number of nitrogens with zero attached hydrogens (tertiary/aromatic N) is 1. The van der Waals surface area contributed by atoms with Gasteiger partial charge in [-0.2, -0.15) is 0 Å². The van der Waals surface area contributed by atoms with Crippen LogP contribution in [0.4, 0.5) is 5.69 Å². The summed E-state index contributed by atoms with van der Waals surface area (Å²) in [7, 11) is 3.98. The smallest absolute Gasteiger partial charge is 0.241 e. The van der Waals surface area contributed by atoms with E-state index in [9.17, 15) is 4.79 Å². The molecule has 0 unspecified atom stereocenters. The Labute approximate surface area is 161 Å². The van der Waals surface area contributed by atoms with Crippen molar-refractivity contribution in [2.45, 2.75) is 25.3 Å². The molecule has 0 saturated carbocycles. The second kappa shape index (κ2) is 11.8. The number of hydrogen-bond acceptors (Lipinski definition) is 4. The lowest BCUT2D eigenvalue weighted by Gasteiger charge is -2.22. The molecule has 0 spiro atoms. The van der Waals surface area contributed by atoms with Crippen LogP contribution in [0.3, 0.4) is 0 Å². The van der Waals surface area contributed by atoms with Gasteiger partial charge in [-0.1, -0.05) is 18.0 Å². The van der Waals surface area contributed by atoms with E-state index in [-0.39, 0.29) is 36.8 Å². The van der Waals surface area contributed by atoms with Crippen molar-refractivity contribution in [2.75, 3.05) is 39.1 Å². The first kappa shape index (κ1) is 23.3. The van der Waals surface area contributed by atoms with Gasteiger partial charge in [0.2, 0.25) is 5.91 Å². The molecule has 1 heterocycles. The van der Waals surface area contributed by atoms with Gasteiger partial charge in [0.25, 0.3) is 0 Å².